The minimum Gasteiger partial charge on any atom is -0.496 e. The van der Waals surface area contributed by atoms with Crippen LogP contribution in [0.2, 0.25) is 0 Å². The molecule has 7 saturated heterocycles. The molecular weight excluding hydrogens is 1530 g/mol. The summed E-state index contributed by atoms with van der Waals surface area (Å²) in [5.41, 5.74) is 16.3. The van der Waals surface area contributed by atoms with Crippen LogP contribution in [0.1, 0.15) is 138 Å². The number of allylic oxidation sites excluding steroid dienone is 2. The summed E-state index contributed by atoms with van der Waals surface area (Å²) >= 11 is 3.39. The number of hydrogen-bond donors (Lipinski definition) is 1. The van der Waals surface area contributed by atoms with Gasteiger partial charge in [0.05, 0.1) is 103 Å². The number of nitrogens with zero attached hydrogens (tertiary/aromatic N) is 6. The van der Waals surface area contributed by atoms with Gasteiger partial charge in [0, 0.05) is 131 Å². The van der Waals surface area contributed by atoms with Crippen LogP contribution in [0.4, 0.5) is 17.1 Å². The number of rotatable bonds is 17. The molecule has 7 heterocycles. The average molecular weight is 1650 g/mol. The summed E-state index contributed by atoms with van der Waals surface area (Å²) in [7, 11) is 6.65. The van der Waals surface area contributed by atoms with Crippen molar-refractivity contribution in [1.82, 2.24) is 20.0 Å². The molecule has 0 radical (unpaired) electrons. The predicted octanol–water partition coefficient (Wildman–Crippen LogP) is 14.2. The summed E-state index contributed by atoms with van der Waals surface area (Å²) < 4.78 is 44.2. The lowest BCUT2D eigenvalue weighted by molar-refractivity contribution is -0.112. The Morgan fingerprint density at radius 1 is 0.422 bits per heavy atom. The molecule has 0 amide bonds. The van der Waals surface area contributed by atoms with Crippen molar-refractivity contribution >= 4 is 62.4 Å². The highest BCUT2D eigenvalue weighted by Crippen LogP contribution is 2.43. The Labute approximate surface area is 694 Å². The fraction of sp³-hybridized carbons (Fsp3) is 0.484. The Hall–Kier alpha value is -8.61. The molecule has 7 aliphatic heterocycles. The second-order valence-corrected chi connectivity index (χ2v) is 32.8. The summed E-state index contributed by atoms with van der Waals surface area (Å²) in [6.07, 6.45) is 15.6. The molecule has 1 N–H and O–H groups in total. The first kappa shape index (κ1) is 85.3. The maximum atomic E-state index is 13.2. The number of carbonyl (C=O) groups excluding carboxylic acids is 5. The van der Waals surface area contributed by atoms with E-state index in [1.54, 1.807) is 28.4 Å². The number of aryl methyl sites for hydroxylation is 2. The van der Waals surface area contributed by atoms with Crippen LogP contribution in [-0.2, 0) is 69.1 Å². The van der Waals surface area contributed by atoms with Crippen LogP contribution in [0.15, 0.2) is 156 Å². The summed E-state index contributed by atoms with van der Waals surface area (Å²) in [5.74, 6) is 5.64. The van der Waals surface area contributed by atoms with Gasteiger partial charge in [0.2, 0.25) is 0 Å². The van der Waals surface area contributed by atoms with Gasteiger partial charge in [-0.2, -0.15) is 0 Å². The topological polar surface area (TPSA) is 191 Å². The minimum absolute atomic E-state index is 0.125. The van der Waals surface area contributed by atoms with Gasteiger partial charge in [-0.15, -0.1) is 0 Å². The first-order chi connectivity index (χ1) is 56.8. The van der Waals surface area contributed by atoms with E-state index in [-0.39, 0.29) is 23.3 Å². The van der Waals surface area contributed by atoms with Gasteiger partial charge in [-0.05, 0) is 219 Å². The van der Waals surface area contributed by atoms with E-state index in [9.17, 15) is 24.0 Å². The molecule has 1 unspecified atom stereocenters. The highest BCUT2D eigenvalue weighted by Gasteiger charge is 2.37. The van der Waals surface area contributed by atoms with Crippen molar-refractivity contribution in [3.05, 3.63) is 217 Å². The lowest BCUT2D eigenvalue weighted by Gasteiger charge is -2.33. The van der Waals surface area contributed by atoms with Crippen LogP contribution in [0.3, 0.4) is 0 Å². The third-order valence-corrected chi connectivity index (χ3v) is 24.9. The number of methoxy groups -OCH3 is 4. The Kier molecular flexibility index (Phi) is 31.8. The van der Waals surface area contributed by atoms with E-state index >= 15 is 0 Å². The molecule has 4 aliphatic carbocycles. The standard InChI is InChI=1S/C27H34N2O3.C27H32N2O3.C14H17NO3.C13H17NO.C10H9BrO2.C4H9NO/c2*1-31-26-18-24-22(17-25(26)29-11-13-32-14-12-29)16-23(27(24)30)15-20-7-9-28(10-8-20)19-21-5-3-2-4-6-21;1-17-14-9-11-10(2-3-13(11)16)8-12(14)15-4-6-18-7-5-15;15-11-13-6-8-14(9-7-13)10-12-4-2-1-3-5-12;1-13-10-5-7-6(4-8(10)11)2-3-9(7)12;1-3-6-4-2-5-1/h2-6,17-18,20,23H,7-16,19H2,1H3;2-6,15,17-18,20H,7-14,16,19H2,1H3;8-9H,2-7H2,1H3;1-5,11,13H,6-10H2;4-5H,2-3H2,1H3;5H,1-4H2/b;23-15+;;;;. The highest BCUT2D eigenvalue weighted by atomic mass is 79.9. The van der Waals surface area contributed by atoms with Crippen molar-refractivity contribution in [3.8, 4) is 23.0 Å². The summed E-state index contributed by atoms with van der Waals surface area (Å²) in [6, 6.07) is 48.0. The van der Waals surface area contributed by atoms with Crippen LogP contribution in [-0.4, -0.2) is 217 Å². The normalized spacial score (nSPS) is 20.2. The molecule has 20 nitrogen and oxygen atoms in total. The molecule has 7 aromatic carbocycles. The molecular formula is C95H118BrN7O13. The molecule has 21 heteroatoms. The van der Waals surface area contributed by atoms with E-state index in [1.165, 1.54) is 35.1 Å². The second-order valence-electron chi connectivity index (χ2n) is 31.9. The first-order valence-electron chi connectivity index (χ1n) is 42.2. The molecule has 7 aromatic rings. The number of halogens is 1. The van der Waals surface area contributed by atoms with E-state index in [0.29, 0.717) is 36.4 Å². The Morgan fingerprint density at radius 2 is 0.810 bits per heavy atom. The largest absolute Gasteiger partial charge is 0.496 e. The Balaban J connectivity index is 0.000000129. The molecule has 11 aliphatic rings. The van der Waals surface area contributed by atoms with Gasteiger partial charge in [0.1, 0.15) is 29.3 Å². The van der Waals surface area contributed by atoms with E-state index in [2.05, 4.69) is 160 Å². The van der Waals surface area contributed by atoms with Crippen LogP contribution < -0.4 is 39.0 Å². The zero-order valence-corrected chi connectivity index (χ0v) is 70.1. The number of anilines is 3. The summed E-state index contributed by atoms with van der Waals surface area (Å²) in [5, 5.41) is 3.16. The quantitative estimate of drug-likeness (QED) is 0.0668. The maximum Gasteiger partial charge on any atom is 0.189 e. The molecule has 618 valence electrons. The van der Waals surface area contributed by atoms with Gasteiger partial charge in [0.15, 0.2) is 23.1 Å². The van der Waals surface area contributed by atoms with Gasteiger partial charge >= 0.3 is 0 Å². The second kappa shape index (κ2) is 43.2. The fourth-order valence-corrected chi connectivity index (χ4v) is 18.2. The first-order valence-corrected chi connectivity index (χ1v) is 43.0. The third-order valence-electron chi connectivity index (χ3n) is 24.3. The number of aldehydes is 1. The monoisotopic (exact) mass is 1640 g/mol. The third kappa shape index (κ3) is 23.0. The van der Waals surface area contributed by atoms with Gasteiger partial charge in [-0.1, -0.05) is 97.1 Å². The predicted molar refractivity (Wildman–Crippen MR) is 459 cm³/mol. The number of Topliss-reactive ketones (excluding diaryl/α,β-unsaturated/α-hetero) is 4. The molecule has 0 spiro atoms. The molecule has 0 bridgehead atoms. The van der Waals surface area contributed by atoms with E-state index in [1.807, 2.05) is 36.4 Å². The van der Waals surface area contributed by atoms with Crippen molar-refractivity contribution < 1.29 is 61.9 Å². The number of morpholine rings is 4. The Morgan fingerprint density at radius 3 is 1.23 bits per heavy atom. The average Bonchev–Trinajstić information content (AvgIpc) is 1.63. The smallest absolute Gasteiger partial charge is 0.189 e. The van der Waals surface area contributed by atoms with Gasteiger partial charge in [0.25, 0.3) is 0 Å². The minimum atomic E-state index is 0.125. The zero-order valence-electron chi connectivity index (χ0n) is 68.5. The van der Waals surface area contributed by atoms with E-state index < -0.39 is 0 Å². The molecule has 116 heavy (non-hydrogen) atoms. The van der Waals surface area contributed by atoms with Gasteiger partial charge in [-0.25, -0.2) is 0 Å². The van der Waals surface area contributed by atoms with Crippen molar-refractivity contribution in [1.29, 1.82) is 0 Å². The SMILES string of the molecule is C1COCCN1.COc1cc2c(cc1Br)CCC2=O.COc1cc2c(cc1N1CCOCC1)C/C(=C\C1CCN(Cc3ccccc3)CC1)C2=O.COc1cc2c(cc1N1CCOCC1)CC(CC1CCN(Cc3ccccc3)CC1)C2=O.COc1cc2c(cc1N1CCOCC1)CCC2=O.O=CC1CCN(Cc2ccccc2)CC1. The number of hydrogen-bond acceptors (Lipinski definition) is 20. The van der Waals surface area contributed by atoms with Gasteiger partial charge in [-0.3, -0.25) is 33.9 Å². The summed E-state index contributed by atoms with van der Waals surface area (Å²) in [4.78, 5) is 74.5. The lowest BCUT2D eigenvalue weighted by atomic mass is 9.85. The highest BCUT2D eigenvalue weighted by molar-refractivity contribution is 9.10. The molecule has 0 saturated carbocycles. The zero-order chi connectivity index (χ0) is 80.5. The number of likely N-dealkylation sites (tertiary alicyclic amines) is 3. The summed E-state index contributed by atoms with van der Waals surface area (Å²) in [6.45, 7) is 23.1. The number of nitrogens with one attached hydrogen (secondary N) is 1. The van der Waals surface area contributed by atoms with Crippen LogP contribution in [0.5, 0.6) is 23.0 Å². The van der Waals surface area contributed by atoms with E-state index in [4.69, 9.17) is 37.9 Å². The van der Waals surface area contributed by atoms with Crippen molar-refractivity contribution in [2.45, 2.75) is 103 Å². The van der Waals surface area contributed by atoms with Crippen molar-refractivity contribution in [3.63, 3.8) is 0 Å². The molecule has 7 fully saturated rings. The molecule has 1 atom stereocenters. The van der Waals surface area contributed by atoms with Crippen molar-refractivity contribution in [2.75, 3.05) is 188 Å². The lowest BCUT2D eigenvalue weighted by Crippen LogP contribution is -2.36. The number of benzene rings is 7. The number of piperidine rings is 3. The maximum absolute atomic E-state index is 13.2. The van der Waals surface area contributed by atoms with Crippen LogP contribution in [0, 0.1) is 23.7 Å². The Bertz CT molecular complexity index is 4400. The van der Waals surface area contributed by atoms with E-state index in [0.717, 1.165) is 317 Å². The fourth-order valence-electron chi connectivity index (χ4n) is 17.7. The number of carbonyl (C=O) groups is 5. The molecule has 0 aromatic heterocycles. The number of ether oxygens (including phenoxy) is 8. The van der Waals surface area contributed by atoms with Gasteiger partial charge < -0.3 is 62.7 Å². The number of fused-ring (bicyclic) bond motifs is 4. The molecule has 18 rings (SSSR count). The number of ketones is 4. The van der Waals surface area contributed by atoms with Crippen LogP contribution >= 0.6 is 15.9 Å². The van der Waals surface area contributed by atoms with Crippen molar-refractivity contribution in [2.24, 2.45) is 23.7 Å². The van der Waals surface area contributed by atoms with Crippen LogP contribution in [0.25, 0.3) is 0 Å².